The van der Waals surface area contributed by atoms with Gasteiger partial charge in [0.2, 0.25) is 10.0 Å². The van der Waals surface area contributed by atoms with Crippen LogP contribution in [0.15, 0.2) is 24.3 Å². The van der Waals surface area contributed by atoms with Gasteiger partial charge in [-0.3, -0.25) is 9.10 Å². The number of unbranched alkanes of at least 4 members (excludes halogenated alkanes) is 1. The lowest BCUT2D eigenvalue weighted by Gasteiger charge is -2.34. The Hall–Kier alpha value is -1.76. The summed E-state index contributed by atoms with van der Waals surface area (Å²) in [5.41, 5.74) is 0.488. The molecule has 1 N–H and O–H groups in total. The van der Waals surface area contributed by atoms with Crippen LogP contribution in [-0.4, -0.2) is 39.3 Å². The van der Waals surface area contributed by atoms with E-state index in [1.165, 1.54) is 4.31 Å². The SMILES string of the molecule is CCCCNC(=O)[C@@H]1CN(S(=O)(=O)CC)c2ccccc2O1. The summed E-state index contributed by atoms with van der Waals surface area (Å²) >= 11 is 0. The third-order valence-corrected chi connectivity index (χ3v) is 5.30. The predicted octanol–water partition coefficient (Wildman–Crippen LogP) is 1.52. The van der Waals surface area contributed by atoms with E-state index in [-0.39, 0.29) is 18.2 Å². The maximum Gasteiger partial charge on any atom is 0.263 e. The van der Waals surface area contributed by atoms with E-state index in [9.17, 15) is 13.2 Å². The van der Waals surface area contributed by atoms with Crippen molar-refractivity contribution in [2.24, 2.45) is 0 Å². The second kappa shape index (κ2) is 7.00. The van der Waals surface area contributed by atoms with Gasteiger partial charge in [-0.2, -0.15) is 0 Å². The van der Waals surface area contributed by atoms with Crippen molar-refractivity contribution in [3.8, 4) is 5.75 Å². The van der Waals surface area contributed by atoms with Gasteiger partial charge < -0.3 is 10.1 Å². The molecule has 1 aliphatic rings. The molecule has 122 valence electrons. The van der Waals surface area contributed by atoms with Crippen molar-refractivity contribution < 1.29 is 17.9 Å². The van der Waals surface area contributed by atoms with Crippen LogP contribution in [0.25, 0.3) is 0 Å². The van der Waals surface area contributed by atoms with E-state index < -0.39 is 16.1 Å². The smallest absolute Gasteiger partial charge is 0.263 e. The number of fused-ring (bicyclic) bond motifs is 1. The molecular weight excluding hydrogens is 304 g/mol. The number of amides is 1. The molecule has 1 aromatic rings. The minimum atomic E-state index is -3.45. The quantitative estimate of drug-likeness (QED) is 0.804. The maximum atomic E-state index is 12.3. The number of nitrogens with one attached hydrogen (secondary N) is 1. The van der Waals surface area contributed by atoms with Crippen LogP contribution in [0.5, 0.6) is 5.75 Å². The lowest BCUT2D eigenvalue weighted by atomic mass is 10.2. The molecule has 0 radical (unpaired) electrons. The van der Waals surface area contributed by atoms with E-state index in [2.05, 4.69) is 5.32 Å². The number of rotatable bonds is 6. The van der Waals surface area contributed by atoms with Gasteiger partial charge in [0, 0.05) is 6.54 Å². The summed E-state index contributed by atoms with van der Waals surface area (Å²) in [6.07, 6.45) is 1.03. The fraction of sp³-hybridized carbons (Fsp3) is 0.533. The first-order valence-electron chi connectivity index (χ1n) is 7.53. The first-order valence-corrected chi connectivity index (χ1v) is 9.14. The molecule has 1 heterocycles. The van der Waals surface area contributed by atoms with Crippen molar-refractivity contribution in [1.29, 1.82) is 0 Å². The van der Waals surface area contributed by atoms with E-state index in [1.54, 1.807) is 31.2 Å². The van der Waals surface area contributed by atoms with Crippen molar-refractivity contribution in [1.82, 2.24) is 5.32 Å². The first-order chi connectivity index (χ1) is 10.5. The largest absolute Gasteiger partial charge is 0.476 e. The Bertz CT molecular complexity index is 630. The molecule has 1 amide bonds. The van der Waals surface area contributed by atoms with Gasteiger partial charge in [-0.15, -0.1) is 0 Å². The van der Waals surface area contributed by atoms with Crippen LogP contribution in [0.4, 0.5) is 5.69 Å². The summed E-state index contributed by atoms with van der Waals surface area (Å²) in [5, 5.41) is 2.79. The Labute approximate surface area is 131 Å². The Kier molecular flexibility index (Phi) is 5.28. The number of hydrogen-bond donors (Lipinski definition) is 1. The van der Waals surface area contributed by atoms with E-state index in [0.717, 1.165) is 12.8 Å². The van der Waals surface area contributed by atoms with Crippen LogP contribution >= 0.6 is 0 Å². The number of benzene rings is 1. The molecule has 6 nitrogen and oxygen atoms in total. The van der Waals surface area contributed by atoms with Gasteiger partial charge in [-0.25, -0.2) is 8.42 Å². The molecule has 0 fully saturated rings. The van der Waals surface area contributed by atoms with Gasteiger partial charge in [0.15, 0.2) is 6.10 Å². The summed E-state index contributed by atoms with van der Waals surface area (Å²) < 4.78 is 31.5. The molecule has 0 bridgehead atoms. The first kappa shape index (κ1) is 16.6. The fourth-order valence-corrected chi connectivity index (χ4v) is 3.38. The van der Waals surface area contributed by atoms with E-state index in [4.69, 9.17) is 4.74 Å². The maximum absolute atomic E-state index is 12.3. The van der Waals surface area contributed by atoms with E-state index in [1.807, 2.05) is 6.92 Å². The van der Waals surface area contributed by atoms with Crippen LogP contribution in [0.1, 0.15) is 26.7 Å². The summed E-state index contributed by atoms with van der Waals surface area (Å²) in [5.74, 6) is 0.117. The molecule has 0 aromatic heterocycles. The van der Waals surface area contributed by atoms with Crippen molar-refractivity contribution in [3.63, 3.8) is 0 Å². The summed E-state index contributed by atoms with van der Waals surface area (Å²) in [6, 6.07) is 6.88. The molecule has 2 rings (SSSR count). The summed E-state index contributed by atoms with van der Waals surface area (Å²) in [4.78, 5) is 12.2. The molecule has 1 aliphatic heterocycles. The van der Waals surface area contributed by atoms with Crippen LogP contribution < -0.4 is 14.4 Å². The normalized spacial score (nSPS) is 17.5. The zero-order valence-corrected chi connectivity index (χ0v) is 13.7. The topological polar surface area (TPSA) is 75.7 Å². The molecule has 0 aliphatic carbocycles. The number of sulfonamides is 1. The van der Waals surface area contributed by atoms with Gasteiger partial charge in [-0.05, 0) is 25.5 Å². The number of carbonyl (C=O) groups excluding carboxylic acids is 1. The van der Waals surface area contributed by atoms with Gasteiger partial charge in [0.05, 0.1) is 18.0 Å². The summed E-state index contributed by atoms with van der Waals surface area (Å²) in [6.45, 7) is 4.20. The Morgan fingerprint density at radius 2 is 2.09 bits per heavy atom. The fourth-order valence-electron chi connectivity index (χ4n) is 2.26. The average Bonchev–Trinajstić information content (AvgIpc) is 2.53. The number of anilines is 1. The Morgan fingerprint density at radius 1 is 1.36 bits per heavy atom. The van der Waals surface area contributed by atoms with Crippen LogP contribution in [0, 0.1) is 0 Å². The van der Waals surface area contributed by atoms with Crippen molar-refractivity contribution in [2.45, 2.75) is 32.8 Å². The number of para-hydroxylation sites is 2. The Morgan fingerprint density at radius 3 is 2.77 bits per heavy atom. The van der Waals surface area contributed by atoms with Gasteiger partial charge in [-0.1, -0.05) is 25.5 Å². The van der Waals surface area contributed by atoms with Gasteiger partial charge >= 0.3 is 0 Å². The molecule has 1 aromatic carbocycles. The zero-order chi connectivity index (χ0) is 16.2. The zero-order valence-electron chi connectivity index (χ0n) is 12.9. The van der Waals surface area contributed by atoms with Crippen molar-refractivity contribution in [3.05, 3.63) is 24.3 Å². The average molecular weight is 326 g/mol. The van der Waals surface area contributed by atoms with Gasteiger partial charge in [0.25, 0.3) is 5.91 Å². The highest BCUT2D eigenvalue weighted by Gasteiger charge is 2.35. The highest BCUT2D eigenvalue weighted by Crippen LogP contribution is 2.34. The molecule has 0 saturated heterocycles. The number of nitrogens with zero attached hydrogens (tertiary/aromatic N) is 1. The molecule has 1 atom stereocenters. The minimum absolute atomic E-state index is 0.00510. The third kappa shape index (κ3) is 3.52. The minimum Gasteiger partial charge on any atom is -0.476 e. The van der Waals surface area contributed by atoms with Crippen LogP contribution in [0.3, 0.4) is 0 Å². The molecule has 0 spiro atoms. The van der Waals surface area contributed by atoms with Crippen molar-refractivity contribution >= 4 is 21.6 Å². The molecule has 7 heteroatoms. The van der Waals surface area contributed by atoms with Gasteiger partial charge in [0.1, 0.15) is 5.75 Å². The monoisotopic (exact) mass is 326 g/mol. The molecule has 0 unspecified atom stereocenters. The molecular formula is C15H22N2O4S. The second-order valence-electron chi connectivity index (χ2n) is 5.15. The lowest BCUT2D eigenvalue weighted by Crippen LogP contribution is -2.51. The second-order valence-corrected chi connectivity index (χ2v) is 7.33. The van der Waals surface area contributed by atoms with Crippen LogP contribution in [-0.2, 0) is 14.8 Å². The summed E-state index contributed by atoms with van der Waals surface area (Å²) in [7, 11) is -3.45. The predicted molar refractivity (Wildman–Crippen MR) is 85.6 cm³/mol. The molecule has 22 heavy (non-hydrogen) atoms. The number of ether oxygens (including phenoxy) is 1. The number of hydrogen-bond acceptors (Lipinski definition) is 4. The van der Waals surface area contributed by atoms with E-state index >= 15 is 0 Å². The highest BCUT2D eigenvalue weighted by molar-refractivity contribution is 7.92. The highest BCUT2D eigenvalue weighted by atomic mass is 32.2. The standard InChI is InChI=1S/C15H22N2O4S/c1-3-5-10-16-15(18)14-11-17(22(19,20)4-2)12-8-6-7-9-13(12)21-14/h6-9,14H,3-5,10-11H2,1-2H3,(H,16,18)/t14-/m0/s1. The van der Waals surface area contributed by atoms with Crippen LogP contribution in [0.2, 0.25) is 0 Å². The Balaban J connectivity index is 2.23. The van der Waals surface area contributed by atoms with Crippen molar-refractivity contribution in [2.75, 3.05) is 23.1 Å². The molecule has 0 saturated carbocycles. The van der Waals surface area contributed by atoms with E-state index in [0.29, 0.717) is 18.0 Å². The lowest BCUT2D eigenvalue weighted by molar-refractivity contribution is -0.127. The third-order valence-electron chi connectivity index (χ3n) is 3.56. The number of carbonyl (C=O) groups is 1.